The van der Waals surface area contributed by atoms with Crippen molar-refractivity contribution in [2.45, 2.75) is 11.5 Å². The molecule has 1 heterocycles. The molecule has 23 heavy (non-hydrogen) atoms. The predicted molar refractivity (Wildman–Crippen MR) is 113 cm³/mol. The van der Waals surface area contributed by atoms with Crippen molar-refractivity contribution in [2.24, 2.45) is 11.5 Å². The normalized spacial score (nSPS) is 10.5. The number of thiocarbonyl (C=S) groups is 2. The molecule has 0 amide bonds. The highest BCUT2D eigenvalue weighted by Crippen LogP contribution is 2.20. The van der Waals surface area contributed by atoms with Gasteiger partial charge in [-0.3, -0.25) is 0 Å². The fourth-order valence-corrected chi connectivity index (χ4v) is 4.47. The van der Waals surface area contributed by atoms with E-state index in [2.05, 4.69) is 10.4 Å². The molecule has 10 heteroatoms. The molecular weight excluding hydrogens is 387 g/mol. The van der Waals surface area contributed by atoms with Gasteiger partial charge in [-0.1, -0.05) is 0 Å². The van der Waals surface area contributed by atoms with Crippen LogP contribution in [0.15, 0.2) is 6.07 Å². The van der Waals surface area contributed by atoms with Crippen LogP contribution in [0, 0.1) is 0 Å². The van der Waals surface area contributed by atoms with Crippen molar-refractivity contribution in [1.82, 2.24) is 14.2 Å². The Balaban J connectivity index is 2.17. The summed E-state index contributed by atoms with van der Waals surface area (Å²) in [6, 6.07) is 2.19. The predicted octanol–water partition coefficient (Wildman–Crippen LogP) is 1.96. The topological polar surface area (TPSA) is 71.4 Å². The highest BCUT2D eigenvalue weighted by atomic mass is 32.2. The van der Waals surface area contributed by atoms with Gasteiger partial charge in [-0.15, -0.1) is 0 Å². The molecule has 0 saturated heterocycles. The van der Waals surface area contributed by atoms with Gasteiger partial charge in [0.1, 0.15) is 0 Å². The number of rotatable bonds is 10. The lowest BCUT2D eigenvalue weighted by atomic mass is 10.4. The maximum Gasteiger partial charge on any atom is 0.166 e. The van der Waals surface area contributed by atoms with Crippen LogP contribution >= 0.6 is 59.5 Å². The van der Waals surface area contributed by atoms with E-state index in [0.29, 0.717) is 10.2 Å². The number of nitrogens with zero attached hydrogens (tertiary/aromatic N) is 3. The number of hydrogen-bond donors (Lipinski definition) is 2. The fraction of sp³-hybridized carbons (Fsp3) is 0.615. The zero-order chi connectivity index (χ0) is 17.2. The van der Waals surface area contributed by atoms with Crippen molar-refractivity contribution >= 4 is 69.7 Å². The Bertz CT molecular complexity index is 464. The summed E-state index contributed by atoms with van der Waals surface area (Å²) < 4.78 is 4.50. The van der Waals surface area contributed by atoms with Gasteiger partial charge in [0.15, 0.2) is 10.2 Å². The van der Waals surface area contributed by atoms with Crippen molar-refractivity contribution in [3.63, 3.8) is 0 Å². The summed E-state index contributed by atoms with van der Waals surface area (Å²) in [5.74, 6) is 3.90. The van der Waals surface area contributed by atoms with Crippen LogP contribution < -0.4 is 11.5 Å². The van der Waals surface area contributed by atoms with Crippen molar-refractivity contribution < 1.29 is 0 Å². The van der Waals surface area contributed by atoms with Gasteiger partial charge in [0.25, 0.3) is 0 Å². The fourth-order valence-electron chi connectivity index (χ4n) is 1.46. The Hall–Kier alpha value is -0.290. The van der Waals surface area contributed by atoms with E-state index in [1.54, 1.807) is 11.5 Å². The van der Waals surface area contributed by atoms with Crippen LogP contribution in [-0.4, -0.2) is 63.1 Å². The van der Waals surface area contributed by atoms with Gasteiger partial charge in [0.2, 0.25) is 0 Å². The average Bonchev–Trinajstić information content (AvgIpc) is 2.95. The van der Waals surface area contributed by atoms with Gasteiger partial charge in [-0.25, -0.2) is 0 Å². The molecule has 0 aliphatic heterocycles. The number of nitrogens with two attached hydrogens (primary N) is 2. The summed E-state index contributed by atoms with van der Waals surface area (Å²) in [7, 11) is 3.83. The van der Waals surface area contributed by atoms with Crippen LogP contribution in [-0.2, 0) is 11.5 Å². The Labute approximate surface area is 161 Å². The van der Waals surface area contributed by atoms with Gasteiger partial charge in [0, 0.05) is 55.1 Å². The Morgan fingerprint density at radius 3 is 2.13 bits per heavy atom. The number of hydrogen-bond acceptors (Lipinski definition) is 6. The lowest BCUT2D eigenvalue weighted by molar-refractivity contribution is 0.544. The van der Waals surface area contributed by atoms with Gasteiger partial charge < -0.3 is 21.3 Å². The lowest BCUT2D eigenvalue weighted by Gasteiger charge is -2.15. The zero-order valence-corrected chi connectivity index (χ0v) is 17.4. The summed E-state index contributed by atoms with van der Waals surface area (Å²) in [4.78, 5) is 5.08. The Morgan fingerprint density at radius 2 is 1.61 bits per heavy atom. The van der Waals surface area contributed by atoms with E-state index < -0.39 is 0 Å². The molecule has 0 aliphatic carbocycles. The maximum atomic E-state index is 5.55. The summed E-state index contributed by atoms with van der Waals surface area (Å²) in [5, 5.41) is 0.892. The first-order valence-electron chi connectivity index (χ1n) is 7.01. The van der Waals surface area contributed by atoms with Gasteiger partial charge in [-0.2, -0.15) is 27.9 Å². The first-order valence-corrected chi connectivity index (χ1v) is 10.9. The van der Waals surface area contributed by atoms with E-state index in [-0.39, 0.29) is 0 Å². The molecule has 0 unspecified atom stereocenters. The first-order chi connectivity index (χ1) is 10.9. The molecule has 0 aromatic carbocycles. The Morgan fingerprint density at radius 1 is 1.09 bits per heavy atom. The van der Waals surface area contributed by atoms with Crippen LogP contribution in [0.2, 0.25) is 0 Å². The highest BCUT2D eigenvalue weighted by Gasteiger charge is 2.05. The minimum absolute atomic E-state index is 0.444. The monoisotopic (exact) mass is 409 g/mol. The molecular formula is C13H23N5S5. The van der Waals surface area contributed by atoms with Gasteiger partial charge in [0.05, 0.1) is 5.69 Å². The summed E-state index contributed by atoms with van der Waals surface area (Å²) in [6.07, 6.45) is 0. The second-order valence-electron chi connectivity index (χ2n) is 4.91. The molecule has 0 spiro atoms. The molecule has 1 aromatic rings. The van der Waals surface area contributed by atoms with E-state index in [1.165, 1.54) is 4.88 Å². The third kappa shape index (κ3) is 8.94. The second kappa shape index (κ2) is 11.3. The molecule has 1 rings (SSSR count). The summed E-state index contributed by atoms with van der Waals surface area (Å²) in [6.45, 7) is 1.74. The average molecular weight is 410 g/mol. The van der Waals surface area contributed by atoms with E-state index >= 15 is 0 Å². The molecule has 0 fully saturated rings. The molecule has 5 nitrogen and oxygen atoms in total. The summed E-state index contributed by atoms with van der Waals surface area (Å²) in [5.41, 5.74) is 12.2. The number of thioether (sulfide) groups is 2. The van der Waals surface area contributed by atoms with Crippen LogP contribution in [0.5, 0.6) is 0 Å². The lowest BCUT2D eigenvalue weighted by Crippen LogP contribution is -2.33. The third-order valence-corrected chi connectivity index (χ3v) is 6.58. The highest BCUT2D eigenvalue weighted by molar-refractivity contribution is 7.98. The molecule has 4 N–H and O–H groups in total. The Kier molecular flexibility index (Phi) is 10.2. The van der Waals surface area contributed by atoms with Crippen LogP contribution in [0.3, 0.4) is 0 Å². The molecule has 0 saturated carbocycles. The summed E-state index contributed by atoms with van der Waals surface area (Å²) >= 11 is 15.1. The van der Waals surface area contributed by atoms with Crippen molar-refractivity contribution in [2.75, 3.05) is 38.7 Å². The molecule has 0 atom stereocenters. The van der Waals surface area contributed by atoms with E-state index in [1.807, 2.05) is 47.4 Å². The minimum atomic E-state index is 0.444. The van der Waals surface area contributed by atoms with Gasteiger partial charge >= 0.3 is 0 Å². The van der Waals surface area contributed by atoms with Crippen molar-refractivity contribution in [3.8, 4) is 0 Å². The standard InChI is InChI=1S/C13H23N5S5/c1-17(12(14)19)3-5-21-8-10-7-11(23-16-10)9-22-6-4-18(2)13(15)20/h7H,3-6,8-9H2,1-2H3,(H2,14,19)(H2,15,20). The quantitative estimate of drug-likeness (QED) is 0.445. The zero-order valence-electron chi connectivity index (χ0n) is 13.4. The molecule has 130 valence electrons. The maximum absolute atomic E-state index is 5.55. The molecule has 0 radical (unpaired) electrons. The third-order valence-electron chi connectivity index (χ3n) is 3.00. The second-order valence-corrected chi connectivity index (χ2v) is 8.85. The van der Waals surface area contributed by atoms with Crippen molar-refractivity contribution in [3.05, 3.63) is 16.6 Å². The van der Waals surface area contributed by atoms with Crippen molar-refractivity contribution in [1.29, 1.82) is 0 Å². The molecule has 1 aromatic heterocycles. The number of aromatic nitrogens is 1. The first kappa shape index (κ1) is 20.8. The van der Waals surface area contributed by atoms with Crippen LogP contribution in [0.1, 0.15) is 10.6 Å². The van der Waals surface area contributed by atoms with E-state index in [4.69, 9.17) is 35.9 Å². The molecule has 0 aliphatic rings. The van der Waals surface area contributed by atoms with Gasteiger partial charge in [-0.05, 0) is 42.0 Å². The van der Waals surface area contributed by atoms with E-state index in [9.17, 15) is 0 Å². The van der Waals surface area contributed by atoms with E-state index in [0.717, 1.165) is 41.8 Å². The molecule has 0 bridgehead atoms. The minimum Gasteiger partial charge on any atom is -0.376 e. The van der Waals surface area contributed by atoms with Crippen LogP contribution in [0.4, 0.5) is 0 Å². The SMILES string of the molecule is CN(CCSCc1cc(CSCCN(C)C(N)=S)sn1)C(N)=S. The largest absolute Gasteiger partial charge is 0.376 e. The smallest absolute Gasteiger partial charge is 0.166 e. The van der Waals surface area contributed by atoms with Crippen LogP contribution in [0.25, 0.3) is 0 Å².